The Labute approximate surface area is 130 Å². The van der Waals surface area contributed by atoms with Crippen LogP contribution < -0.4 is 5.32 Å². The number of nitrogens with one attached hydrogen (secondary N) is 1. The van der Waals surface area contributed by atoms with Crippen LogP contribution in [0.15, 0.2) is 6.33 Å². The zero-order valence-electron chi connectivity index (χ0n) is 13.6. The highest BCUT2D eigenvalue weighted by Crippen LogP contribution is 2.27. The van der Waals surface area contributed by atoms with E-state index in [-0.39, 0.29) is 6.04 Å². The summed E-state index contributed by atoms with van der Waals surface area (Å²) >= 11 is 1.77. The zero-order valence-corrected chi connectivity index (χ0v) is 14.4. The molecule has 21 heavy (non-hydrogen) atoms. The Morgan fingerprint density at radius 1 is 1.33 bits per heavy atom. The van der Waals surface area contributed by atoms with Gasteiger partial charge in [-0.2, -0.15) is 5.10 Å². The lowest BCUT2D eigenvalue weighted by Gasteiger charge is -2.17. The van der Waals surface area contributed by atoms with E-state index >= 15 is 0 Å². The molecule has 0 saturated carbocycles. The minimum Gasteiger partial charge on any atom is -0.309 e. The lowest BCUT2D eigenvalue weighted by molar-refractivity contribution is 0.447. The molecule has 1 unspecified atom stereocenters. The number of aryl methyl sites for hydroxylation is 2. The van der Waals surface area contributed by atoms with Gasteiger partial charge >= 0.3 is 0 Å². The highest BCUT2D eigenvalue weighted by Gasteiger charge is 2.20. The average molecular weight is 307 g/mol. The number of hydrogen-bond donors (Lipinski definition) is 1. The number of hydrogen-bond acceptors (Lipinski definition) is 5. The number of rotatable bonds is 7. The highest BCUT2D eigenvalue weighted by atomic mass is 32.1. The van der Waals surface area contributed by atoms with Crippen molar-refractivity contribution in [1.82, 2.24) is 25.1 Å². The quantitative estimate of drug-likeness (QED) is 0.854. The highest BCUT2D eigenvalue weighted by molar-refractivity contribution is 7.11. The maximum atomic E-state index is 4.55. The second-order valence-corrected chi connectivity index (χ2v) is 6.98. The fraction of sp³-hybridized carbons (Fsp3) is 0.667. The van der Waals surface area contributed by atoms with Gasteiger partial charge in [-0.15, -0.1) is 11.3 Å². The molecule has 1 N–H and O–H groups in total. The molecule has 0 aliphatic carbocycles. The summed E-state index contributed by atoms with van der Waals surface area (Å²) in [7, 11) is 0. The smallest absolute Gasteiger partial charge is 0.138 e. The Bertz CT molecular complexity index is 572. The van der Waals surface area contributed by atoms with Gasteiger partial charge in [0.1, 0.15) is 12.2 Å². The molecule has 0 spiro atoms. The van der Waals surface area contributed by atoms with Crippen LogP contribution in [0.2, 0.25) is 0 Å². The van der Waals surface area contributed by atoms with E-state index in [1.165, 1.54) is 4.88 Å². The maximum absolute atomic E-state index is 4.55. The molecule has 0 radical (unpaired) electrons. The third-order valence-electron chi connectivity index (χ3n) is 3.33. The SMILES string of the molecule is CCNC(Cc1ncnn1CC(C)C)c1sc(C)nc1C. The van der Waals surface area contributed by atoms with Crippen LogP contribution in [0.4, 0.5) is 0 Å². The van der Waals surface area contributed by atoms with Crippen LogP contribution in [-0.2, 0) is 13.0 Å². The molecule has 116 valence electrons. The second kappa shape index (κ2) is 7.13. The molecule has 0 fully saturated rings. The molecule has 0 bridgehead atoms. The number of likely N-dealkylation sites (N-methyl/N-ethyl adjacent to an activating group) is 1. The molecule has 5 nitrogen and oxygen atoms in total. The Morgan fingerprint density at radius 3 is 2.67 bits per heavy atom. The zero-order chi connectivity index (χ0) is 15.4. The topological polar surface area (TPSA) is 55.6 Å². The van der Waals surface area contributed by atoms with Crippen LogP contribution >= 0.6 is 11.3 Å². The van der Waals surface area contributed by atoms with Gasteiger partial charge in [-0.25, -0.2) is 14.6 Å². The predicted molar refractivity (Wildman–Crippen MR) is 86.6 cm³/mol. The summed E-state index contributed by atoms with van der Waals surface area (Å²) in [6, 6.07) is 0.260. The van der Waals surface area contributed by atoms with Gasteiger partial charge < -0.3 is 5.32 Å². The molecular formula is C15H25N5S. The van der Waals surface area contributed by atoms with Crippen LogP contribution in [0.3, 0.4) is 0 Å². The first-order valence-electron chi connectivity index (χ1n) is 7.55. The summed E-state index contributed by atoms with van der Waals surface area (Å²) in [6.45, 7) is 12.5. The molecule has 0 aromatic carbocycles. The van der Waals surface area contributed by atoms with E-state index in [1.807, 2.05) is 4.68 Å². The van der Waals surface area contributed by atoms with Crippen LogP contribution in [0.1, 0.15) is 48.2 Å². The third kappa shape index (κ3) is 4.11. The van der Waals surface area contributed by atoms with Crippen LogP contribution in [0, 0.1) is 19.8 Å². The molecule has 2 rings (SSSR count). The monoisotopic (exact) mass is 307 g/mol. The summed E-state index contributed by atoms with van der Waals surface area (Å²) in [5.41, 5.74) is 1.12. The van der Waals surface area contributed by atoms with Crippen LogP contribution in [0.5, 0.6) is 0 Å². The van der Waals surface area contributed by atoms with E-state index in [0.717, 1.165) is 36.0 Å². The lowest BCUT2D eigenvalue weighted by Crippen LogP contribution is -2.25. The van der Waals surface area contributed by atoms with Gasteiger partial charge in [-0.05, 0) is 26.3 Å². The lowest BCUT2D eigenvalue weighted by atomic mass is 10.1. The summed E-state index contributed by atoms with van der Waals surface area (Å²) in [5.74, 6) is 1.61. The van der Waals surface area contributed by atoms with Crippen LogP contribution in [-0.4, -0.2) is 26.3 Å². The number of thiazole rings is 1. The Kier molecular flexibility index (Phi) is 5.47. The molecule has 0 saturated heterocycles. The molecule has 0 aliphatic rings. The molecule has 2 aromatic heterocycles. The predicted octanol–water partition coefficient (Wildman–Crippen LogP) is 2.90. The van der Waals surface area contributed by atoms with Crippen molar-refractivity contribution < 1.29 is 0 Å². The van der Waals surface area contributed by atoms with Gasteiger partial charge in [-0.3, -0.25) is 0 Å². The van der Waals surface area contributed by atoms with Crippen molar-refractivity contribution in [3.05, 3.63) is 27.7 Å². The first kappa shape index (κ1) is 16.1. The summed E-state index contributed by atoms with van der Waals surface area (Å²) in [4.78, 5) is 10.3. The van der Waals surface area contributed by atoms with Crippen molar-refractivity contribution in [2.45, 2.75) is 53.6 Å². The minimum absolute atomic E-state index is 0.260. The molecule has 0 amide bonds. The Balaban J connectivity index is 2.20. The van der Waals surface area contributed by atoms with Gasteiger partial charge in [0.15, 0.2) is 0 Å². The minimum atomic E-state index is 0.260. The van der Waals surface area contributed by atoms with Crippen molar-refractivity contribution in [3.8, 4) is 0 Å². The van der Waals surface area contributed by atoms with Crippen molar-refractivity contribution in [2.75, 3.05) is 6.54 Å². The standard InChI is InChI=1S/C15H25N5S/c1-6-16-13(15-11(4)19-12(5)21-15)7-14-17-9-18-20(14)8-10(2)3/h9-10,13,16H,6-8H2,1-5H3. The molecule has 6 heteroatoms. The van der Waals surface area contributed by atoms with Crippen LogP contribution in [0.25, 0.3) is 0 Å². The Hall–Kier alpha value is -1.27. The summed E-state index contributed by atoms with van der Waals surface area (Å²) in [6.07, 6.45) is 2.51. The van der Waals surface area contributed by atoms with E-state index < -0.39 is 0 Å². The summed E-state index contributed by atoms with van der Waals surface area (Å²) in [5, 5.41) is 9.04. The molecular weight excluding hydrogens is 282 g/mol. The number of aromatic nitrogens is 4. The van der Waals surface area contributed by atoms with E-state index in [2.05, 4.69) is 55.0 Å². The van der Waals surface area contributed by atoms with Crippen molar-refractivity contribution in [3.63, 3.8) is 0 Å². The summed E-state index contributed by atoms with van der Waals surface area (Å²) < 4.78 is 2.03. The first-order chi connectivity index (χ1) is 10.0. The van der Waals surface area contributed by atoms with Gasteiger partial charge in [0.2, 0.25) is 0 Å². The van der Waals surface area contributed by atoms with Gasteiger partial charge in [0.05, 0.1) is 16.7 Å². The normalized spacial score (nSPS) is 13.0. The largest absolute Gasteiger partial charge is 0.309 e. The molecule has 2 heterocycles. The van der Waals surface area contributed by atoms with Gasteiger partial charge in [-0.1, -0.05) is 20.8 Å². The average Bonchev–Trinajstić information content (AvgIpc) is 2.95. The van der Waals surface area contributed by atoms with E-state index in [0.29, 0.717) is 5.92 Å². The Morgan fingerprint density at radius 2 is 2.10 bits per heavy atom. The van der Waals surface area contributed by atoms with E-state index in [1.54, 1.807) is 17.7 Å². The fourth-order valence-corrected chi connectivity index (χ4v) is 3.50. The van der Waals surface area contributed by atoms with Gasteiger partial charge in [0, 0.05) is 17.8 Å². The van der Waals surface area contributed by atoms with Crippen molar-refractivity contribution >= 4 is 11.3 Å². The third-order valence-corrected chi connectivity index (χ3v) is 4.51. The van der Waals surface area contributed by atoms with Crippen molar-refractivity contribution in [2.24, 2.45) is 5.92 Å². The van der Waals surface area contributed by atoms with Crippen molar-refractivity contribution in [1.29, 1.82) is 0 Å². The maximum Gasteiger partial charge on any atom is 0.138 e. The van der Waals surface area contributed by atoms with Gasteiger partial charge in [0.25, 0.3) is 0 Å². The fourth-order valence-electron chi connectivity index (χ4n) is 2.50. The second-order valence-electron chi connectivity index (χ2n) is 5.75. The molecule has 1 atom stereocenters. The van der Waals surface area contributed by atoms with E-state index in [4.69, 9.17) is 0 Å². The number of nitrogens with zero attached hydrogens (tertiary/aromatic N) is 4. The van der Waals surface area contributed by atoms with E-state index in [9.17, 15) is 0 Å². The first-order valence-corrected chi connectivity index (χ1v) is 8.36. The molecule has 2 aromatic rings. The molecule has 0 aliphatic heterocycles.